The minimum atomic E-state index is -1.02. The summed E-state index contributed by atoms with van der Waals surface area (Å²) in [6.07, 6.45) is 6.08. The molecule has 4 aromatic rings. The van der Waals surface area contributed by atoms with Gasteiger partial charge in [0, 0.05) is 12.4 Å². The second-order valence-electron chi connectivity index (χ2n) is 8.72. The summed E-state index contributed by atoms with van der Waals surface area (Å²) in [5.41, 5.74) is 1.16. The van der Waals surface area contributed by atoms with Crippen molar-refractivity contribution in [2.24, 2.45) is 0 Å². The molecule has 0 aliphatic carbocycles. The molecule has 0 bridgehead atoms. The normalized spacial score (nSPS) is 10.9. The van der Waals surface area contributed by atoms with E-state index < -0.39 is 23.1 Å². The zero-order chi connectivity index (χ0) is 25.3. The van der Waals surface area contributed by atoms with Gasteiger partial charge in [-0.25, -0.2) is 19.6 Å². The van der Waals surface area contributed by atoms with Gasteiger partial charge >= 0.3 is 30.8 Å². The number of rotatable bonds is 5. The molecule has 11 nitrogen and oxygen atoms in total. The van der Waals surface area contributed by atoms with Gasteiger partial charge in [-0.1, -0.05) is 7.43 Å². The summed E-state index contributed by atoms with van der Waals surface area (Å²) in [6, 6.07) is 6.87. The molecule has 0 radical (unpaired) electrons. The second-order valence-corrected chi connectivity index (χ2v) is 8.72. The molecule has 0 fully saturated rings. The van der Waals surface area contributed by atoms with Crippen LogP contribution in [0.3, 0.4) is 0 Å². The summed E-state index contributed by atoms with van der Waals surface area (Å²) in [5, 5.41) is 28.6. The number of aliphatic hydroxyl groups is 2. The number of imidazole rings is 2. The van der Waals surface area contributed by atoms with Crippen molar-refractivity contribution in [3.63, 3.8) is 0 Å². The predicted molar refractivity (Wildman–Crippen MR) is 132 cm³/mol. The number of carbonyl (C=O) groups is 2. The maximum atomic E-state index is 11.7. The molecular formula is C25H33LiN4O7. The van der Waals surface area contributed by atoms with Crippen molar-refractivity contribution in [1.82, 2.24) is 18.8 Å². The molecule has 0 aliphatic rings. The Morgan fingerprint density at radius 2 is 1.30 bits per heavy atom. The van der Waals surface area contributed by atoms with Crippen LogP contribution in [0.25, 0.3) is 11.3 Å². The van der Waals surface area contributed by atoms with E-state index in [0.717, 1.165) is 5.56 Å². The van der Waals surface area contributed by atoms with Crippen molar-refractivity contribution in [3.8, 4) is 0 Å². The SMILES string of the molecule is C.CC(C)(O)c1ccn2c(C(=O)O)cnc2c1.CCOC(=O)c1cnc2cc(C(C)(C)O)ccn12.[Li+].[OH-]. The Labute approximate surface area is 227 Å². The van der Waals surface area contributed by atoms with Crippen LogP contribution in [0, 0.1) is 0 Å². The Morgan fingerprint density at radius 1 is 0.892 bits per heavy atom. The van der Waals surface area contributed by atoms with Gasteiger partial charge < -0.3 is 25.5 Å². The number of aromatic carboxylic acids is 1. The minimum Gasteiger partial charge on any atom is -0.870 e. The Hall–Kier alpha value is -3.20. The van der Waals surface area contributed by atoms with Crippen molar-refractivity contribution in [3.05, 3.63) is 71.6 Å². The maximum Gasteiger partial charge on any atom is 1.00 e. The predicted octanol–water partition coefficient (Wildman–Crippen LogP) is 0.462. The van der Waals surface area contributed by atoms with Crippen LogP contribution in [0.2, 0.25) is 0 Å². The number of hydrogen-bond acceptors (Lipinski definition) is 8. The molecule has 4 aromatic heterocycles. The van der Waals surface area contributed by atoms with E-state index in [9.17, 15) is 19.8 Å². The maximum absolute atomic E-state index is 11.7. The summed E-state index contributed by atoms with van der Waals surface area (Å²) in [7, 11) is 0. The third-order valence-electron chi connectivity index (χ3n) is 5.14. The van der Waals surface area contributed by atoms with Gasteiger partial charge in [0.25, 0.3) is 0 Å². The van der Waals surface area contributed by atoms with Crippen LogP contribution >= 0.6 is 0 Å². The fraction of sp³-hybridized carbons (Fsp3) is 0.360. The first-order chi connectivity index (χ1) is 15.8. The topological polar surface area (TPSA) is 169 Å². The summed E-state index contributed by atoms with van der Waals surface area (Å²) in [4.78, 5) is 30.6. The van der Waals surface area contributed by atoms with Crippen molar-refractivity contribution in [2.45, 2.75) is 53.2 Å². The average Bonchev–Trinajstić information content (AvgIpc) is 3.36. The van der Waals surface area contributed by atoms with E-state index in [4.69, 9.17) is 9.84 Å². The molecule has 0 aromatic carbocycles. The first-order valence-corrected chi connectivity index (χ1v) is 10.6. The first kappa shape index (κ1) is 33.8. The van der Waals surface area contributed by atoms with Crippen LogP contribution < -0.4 is 18.9 Å². The number of hydrogen-bond donors (Lipinski definition) is 3. The molecular weight excluding hydrogens is 475 g/mol. The molecule has 0 amide bonds. The number of pyridine rings is 2. The van der Waals surface area contributed by atoms with Crippen molar-refractivity contribution in [1.29, 1.82) is 0 Å². The number of nitrogens with zero attached hydrogens (tertiary/aromatic N) is 4. The molecule has 0 saturated carbocycles. The van der Waals surface area contributed by atoms with Crippen LogP contribution in [-0.4, -0.2) is 58.1 Å². The number of esters is 1. The molecule has 12 heteroatoms. The Balaban J connectivity index is 0.000000651. The van der Waals surface area contributed by atoms with Crippen molar-refractivity contribution >= 4 is 23.2 Å². The fourth-order valence-electron chi connectivity index (χ4n) is 3.24. The molecule has 0 saturated heterocycles. The minimum absolute atomic E-state index is 0. The van der Waals surface area contributed by atoms with Gasteiger partial charge in [-0.05, 0) is 70.0 Å². The van der Waals surface area contributed by atoms with Crippen LogP contribution in [0.5, 0.6) is 0 Å². The van der Waals surface area contributed by atoms with Crippen LogP contribution in [0.15, 0.2) is 49.1 Å². The van der Waals surface area contributed by atoms with E-state index in [1.54, 1.807) is 75.7 Å². The molecule has 37 heavy (non-hydrogen) atoms. The van der Waals surface area contributed by atoms with Crippen LogP contribution in [0.1, 0.15) is 74.1 Å². The van der Waals surface area contributed by atoms with Gasteiger partial charge in [0.05, 0.1) is 30.2 Å². The molecule has 0 spiro atoms. The Kier molecular flexibility index (Phi) is 11.7. The molecule has 4 N–H and O–H groups in total. The van der Waals surface area contributed by atoms with Gasteiger partial charge in [0.15, 0.2) is 11.4 Å². The first-order valence-electron chi connectivity index (χ1n) is 10.6. The van der Waals surface area contributed by atoms with E-state index in [1.807, 2.05) is 0 Å². The molecule has 196 valence electrons. The van der Waals surface area contributed by atoms with E-state index in [1.165, 1.54) is 16.8 Å². The summed E-state index contributed by atoms with van der Waals surface area (Å²) in [5.74, 6) is -1.43. The zero-order valence-corrected chi connectivity index (χ0v) is 21.1. The number of carboxylic acid groups (broad SMARTS) is 1. The van der Waals surface area contributed by atoms with E-state index in [-0.39, 0.29) is 37.5 Å². The van der Waals surface area contributed by atoms with E-state index >= 15 is 0 Å². The number of fused-ring (bicyclic) bond motifs is 2. The monoisotopic (exact) mass is 508 g/mol. The molecule has 0 aliphatic heterocycles. The number of ether oxygens (including phenoxy) is 1. The van der Waals surface area contributed by atoms with Crippen LogP contribution in [-0.2, 0) is 15.9 Å². The summed E-state index contributed by atoms with van der Waals surface area (Å²) in [6.45, 7) is 8.82. The van der Waals surface area contributed by atoms with E-state index in [0.29, 0.717) is 29.2 Å². The quantitative estimate of drug-likeness (QED) is 0.256. The third-order valence-corrected chi connectivity index (χ3v) is 5.14. The van der Waals surface area contributed by atoms with Gasteiger partial charge in [-0.2, -0.15) is 0 Å². The smallest absolute Gasteiger partial charge is 0.870 e. The van der Waals surface area contributed by atoms with Gasteiger partial charge in [0.1, 0.15) is 11.3 Å². The average molecular weight is 509 g/mol. The second kappa shape index (κ2) is 12.9. The fourth-order valence-corrected chi connectivity index (χ4v) is 3.24. The molecule has 4 heterocycles. The largest absolute Gasteiger partial charge is 1.00 e. The van der Waals surface area contributed by atoms with Crippen molar-refractivity contribution < 1.29 is 54.0 Å². The Morgan fingerprint density at radius 3 is 1.68 bits per heavy atom. The van der Waals surface area contributed by atoms with E-state index in [2.05, 4.69) is 9.97 Å². The molecule has 0 atom stereocenters. The standard InChI is InChI=1S/C13H16N2O3.C11H12N2O3.CH4.Li.H2O/c1-4-18-12(16)10-8-14-11-7-9(13(2,3)17)5-6-15(10)11;1-11(2,16)7-3-4-13-8(10(14)15)6-12-9(13)5-7;;;/h5-8,17H,4H2,1-3H3;3-6,16H,1-2H3,(H,14,15);1H4;;1H2/q;;;+1;/p-1. The van der Waals surface area contributed by atoms with Gasteiger partial charge in [-0.3, -0.25) is 8.80 Å². The van der Waals surface area contributed by atoms with Gasteiger partial charge in [-0.15, -0.1) is 0 Å². The number of carboxylic acids is 1. The number of aromatic nitrogens is 4. The molecule has 0 unspecified atom stereocenters. The molecule has 4 rings (SSSR count). The van der Waals surface area contributed by atoms with Gasteiger partial charge in [0.2, 0.25) is 0 Å². The third kappa shape index (κ3) is 7.64. The summed E-state index contributed by atoms with van der Waals surface area (Å²) >= 11 is 0. The number of carbonyl (C=O) groups excluding carboxylic acids is 1. The Bertz CT molecular complexity index is 1350. The van der Waals surface area contributed by atoms with Crippen LogP contribution in [0.4, 0.5) is 0 Å². The van der Waals surface area contributed by atoms with Crippen molar-refractivity contribution in [2.75, 3.05) is 6.61 Å². The zero-order valence-electron chi connectivity index (χ0n) is 21.1. The summed E-state index contributed by atoms with van der Waals surface area (Å²) < 4.78 is 8.06.